The molecule has 1 atom stereocenters. The van der Waals surface area contributed by atoms with Crippen LogP contribution in [-0.2, 0) is 9.53 Å². The van der Waals surface area contributed by atoms with Gasteiger partial charge in [-0.3, -0.25) is 9.69 Å². The number of hydrogen-bond donors (Lipinski definition) is 1. The standard InChI is InChI=1S/C19H29NO4.ClH/c1-2-3-4-5-13-23-17-8-6-16(7-9-17)18-15-20(12-14-24-18)11-10-19(21)22;/h6-9,18H,2-5,10-15H2,1H3,(H,21,22);1H. The van der Waals surface area contributed by atoms with Crippen LogP contribution in [0.2, 0.25) is 0 Å². The number of carboxylic acid groups (broad SMARTS) is 1. The molecule has 1 fully saturated rings. The van der Waals surface area contributed by atoms with Crippen molar-refractivity contribution in [2.24, 2.45) is 0 Å². The molecule has 6 heteroatoms. The van der Waals surface area contributed by atoms with Gasteiger partial charge in [0.15, 0.2) is 0 Å². The van der Waals surface area contributed by atoms with Crippen LogP contribution in [0.4, 0.5) is 0 Å². The molecule has 142 valence electrons. The zero-order chi connectivity index (χ0) is 17.2. The molecule has 1 aromatic rings. The maximum Gasteiger partial charge on any atom is 0.304 e. The first-order valence-electron chi connectivity index (χ1n) is 8.97. The van der Waals surface area contributed by atoms with E-state index in [0.717, 1.165) is 37.4 Å². The summed E-state index contributed by atoms with van der Waals surface area (Å²) in [6, 6.07) is 8.09. The van der Waals surface area contributed by atoms with Gasteiger partial charge in [0, 0.05) is 19.6 Å². The normalized spacial score (nSPS) is 17.7. The monoisotopic (exact) mass is 371 g/mol. The van der Waals surface area contributed by atoms with E-state index in [2.05, 4.69) is 11.8 Å². The SMILES string of the molecule is CCCCCCOc1ccc(C2CN(CCC(=O)O)CCO2)cc1.Cl. The molecule has 0 saturated carbocycles. The summed E-state index contributed by atoms with van der Waals surface area (Å²) >= 11 is 0. The summed E-state index contributed by atoms with van der Waals surface area (Å²) < 4.78 is 11.6. The molecule has 1 unspecified atom stereocenters. The summed E-state index contributed by atoms with van der Waals surface area (Å²) in [5, 5.41) is 8.80. The van der Waals surface area contributed by atoms with Gasteiger partial charge in [0.25, 0.3) is 0 Å². The van der Waals surface area contributed by atoms with Gasteiger partial charge in [-0.15, -0.1) is 12.4 Å². The van der Waals surface area contributed by atoms with E-state index in [1.165, 1.54) is 19.3 Å². The fourth-order valence-corrected chi connectivity index (χ4v) is 2.86. The van der Waals surface area contributed by atoms with E-state index in [0.29, 0.717) is 13.2 Å². The molecule has 1 heterocycles. The van der Waals surface area contributed by atoms with Gasteiger partial charge in [0.2, 0.25) is 0 Å². The summed E-state index contributed by atoms with van der Waals surface area (Å²) in [4.78, 5) is 12.9. The molecule has 1 aliphatic rings. The topological polar surface area (TPSA) is 59.0 Å². The smallest absolute Gasteiger partial charge is 0.304 e. The van der Waals surface area contributed by atoms with Crippen LogP contribution in [0.1, 0.15) is 50.7 Å². The third-order valence-electron chi connectivity index (χ3n) is 4.31. The highest BCUT2D eigenvalue weighted by atomic mass is 35.5. The van der Waals surface area contributed by atoms with Gasteiger partial charge in [-0.25, -0.2) is 0 Å². The van der Waals surface area contributed by atoms with Gasteiger partial charge in [0.1, 0.15) is 5.75 Å². The van der Waals surface area contributed by atoms with Crippen LogP contribution in [0, 0.1) is 0 Å². The second kappa shape index (κ2) is 12.1. The molecule has 5 nitrogen and oxygen atoms in total. The Kier molecular flexibility index (Phi) is 10.5. The van der Waals surface area contributed by atoms with Crippen LogP contribution in [0.25, 0.3) is 0 Å². The van der Waals surface area contributed by atoms with Crippen LogP contribution in [0.3, 0.4) is 0 Å². The third-order valence-corrected chi connectivity index (χ3v) is 4.31. The number of rotatable bonds is 10. The van der Waals surface area contributed by atoms with Crippen molar-refractivity contribution >= 4 is 18.4 Å². The minimum Gasteiger partial charge on any atom is -0.494 e. The largest absolute Gasteiger partial charge is 0.494 e. The van der Waals surface area contributed by atoms with Crippen molar-refractivity contribution in [3.63, 3.8) is 0 Å². The van der Waals surface area contributed by atoms with Crippen molar-refractivity contribution in [1.29, 1.82) is 0 Å². The molecule has 0 bridgehead atoms. The Bertz CT molecular complexity index is 495. The Morgan fingerprint density at radius 2 is 2.04 bits per heavy atom. The molecule has 0 spiro atoms. The van der Waals surface area contributed by atoms with Crippen molar-refractivity contribution in [3.8, 4) is 5.75 Å². The highest BCUT2D eigenvalue weighted by molar-refractivity contribution is 5.85. The van der Waals surface area contributed by atoms with Crippen LogP contribution < -0.4 is 4.74 Å². The van der Waals surface area contributed by atoms with Crippen molar-refractivity contribution in [2.75, 3.05) is 32.8 Å². The van der Waals surface area contributed by atoms with Gasteiger partial charge in [-0.1, -0.05) is 38.3 Å². The molecule has 0 radical (unpaired) electrons. The molecular formula is C19H30ClNO4. The molecule has 0 aromatic heterocycles. The molecule has 1 aromatic carbocycles. The maximum absolute atomic E-state index is 10.7. The van der Waals surface area contributed by atoms with E-state index in [-0.39, 0.29) is 24.9 Å². The quantitative estimate of drug-likeness (QED) is 0.632. The summed E-state index contributed by atoms with van der Waals surface area (Å²) in [5.74, 6) is 0.146. The summed E-state index contributed by atoms with van der Waals surface area (Å²) in [6.07, 6.45) is 5.00. The number of morpholine rings is 1. The highest BCUT2D eigenvalue weighted by Gasteiger charge is 2.22. The van der Waals surface area contributed by atoms with E-state index >= 15 is 0 Å². The van der Waals surface area contributed by atoms with E-state index in [1.807, 2.05) is 24.3 Å². The molecule has 1 N–H and O–H groups in total. The van der Waals surface area contributed by atoms with Crippen molar-refractivity contribution in [2.45, 2.75) is 45.1 Å². The number of aliphatic carboxylic acids is 1. The number of carbonyl (C=O) groups is 1. The van der Waals surface area contributed by atoms with Gasteiger partial charge in [-0.05, 0) is 24.1 Å². The summed E-state index contributed by atoms with van der Waals surface area (Å²) in [5.41, 5.74) is 1.12. The molecule has 2 rings (SSSR count). The lowest BCUT2D eigenvalue weighted by Crippen LogP contribution is -2.39. The molecule has 1 saturated heterocycles. The number of nitrogens with zero attached hydrogens (tertiary/aromatic N) is 1. The van der Waals surface area contributed by atoms with Gasteiger partial charge in [-0.2, -0.15) is 0 Å². The number of ether oxygens (including phenoxy) is 2. The predicted molar refractivity (Wildman–Crippen MR) is 101 cm³/mol. The third kappa shape index (κ3) is 8.08. The Morgan fingerprint density at radius 3 is 2.72 bits per heavy atom. The van der Waals surface area contributed by atoms with Crippen LogP contribution in [0.15, 0.2) is 24.3 Å². The second-order valence-corrected chi connectivity index (χ2v) is 6.28. The van der Waals surface area contributed by atoms with Crippen LogP contribution in [-0.4, -0.2) is 48.8 Å². The predicted octanol–water partition coefficient (Wildman–Crippen LogP) is 3.92. The Labute approximate surface area is 156 Å². The van der Waals surface area contributed by atoms with Crippen molar-refractivity contribution in [1.82, 2.24) is 4.90 Å². The lowest BCUT2D eigenvalue weighted by atomic mass is 10.1. The summed E-state index contributed by atoms with van der Waals surface area (Å²) in [6.45, 7) is 5.72. The van der Waals surface area contributed by atoms with Gasteiger partial charge in [0.05, 0.1) is 25.7 Å². The van der Waals surface area contributed by atoms with Crippen LogP contribution in [0.5, 0.6) is 5.75 Å². The van der Waals surface area contributed by atoms with Gasteiger partial charge >= 0.3 is 5.97 Å². The molecule has 1 aliphatic heterocycles. The first kappa shape index (κ1) is 21.7. The average Bonchev–Trinajstić information content (AvgIpc) is 2.60. The van der Waals surface area contributed by atoms with Crippen molar-refractivity contribution in [3.05, 3.63) is 29.8 Å². The zero-order valence-corrected chi connectivity index (χ0v) is 15.8. The fourth-order valence-electron chi connectivity index (χ4n) is 2.86. The maximum atomic E-state index is 10.7. The lowest BCUT2D eigenvalue weighted by Gasteiger charge is -2.32. The Hall–Kier alpha value is -1.30. The fraction of sp³-hybridized carbons (Fsp3) is 0.632. The summed E-state index contributed by atoms with van der Waals surface area (Å²) in [7, 11) is 0. The zero-order valence-electron chi connectivity index (χ0n) is 15.0. The van der Waals surface area contributed by atoms with Crippen LogP contribution >= 0.6 is 12.4 Å². The van der Waals surface area contributed by atoms with Crippen molar-refractivity contribution < 1.29 is 19.4 Å². The molecule has 0 amide bonds. The van der Waals surface area contributed by atoms with Gasteiger partial charge < -0.3 is 14.6 Å². The second-order valence-electron chi connectivity index (χ2n) is 6.28. The highest BCUT2D eigenvalue weighted by Crippen LogP contribution is 2.24. The first-order valence-corrected chi connectivity index (χ1v) is 8.97. The number of carboxylic acids is 1. The van der Waals surface area contributed by atoms with E-state index < -0.39 is 5.97 Å². The first-order chi connectivity index (χ1) is 11.7. The minimum atomic E-state index is -0.751. The van der Waals surface area contributed by atoms with E-state index in [1.54, 1.807) is 0 Å². The van der Waals surface area contributed by atoms with E-state index in [4.69, 9.17) is 14.6 Å². The molecule has 0 aliphatic carbocycles. The number of halogens is 1. The number of benzene rings is 1. The lowest BCUT2D eigenvalue weighted by molar-refractivity contribution is -0.137. The Balaban J connectivity index is 0.00000312. The van der Waals surface area contributed by atoms with E-state index in [9.17, 15) is 4.79 Å². The number of unbranched alkanes of at least 4 members (excludes halogenated alkanes) is 3. The minimum absolute atomic E-state index is 0. The Morgan fingerprint density at radius 1 is 1.28 bits per heavy atom. The average molecular weight is 372 g/mol. The molecular weight excluding hydrogens is 342 g/mol. The molecule has 25 heavy (non-hydrogen) atoms. The number of hydrogen-bond acceptors (Lipinski definition) is 4.